The van der Waals surface area contributed by atoms with Crippen LogP contribution in [0.3, 0.4) is 0 Å². The number of alkyl halides is 3. The van der Waals surface area contributed by atoms with E-state index in [0.29, 0.717) is 11.2 Å². The van der Waals surface area contributed by atoms with Gasteiger partial charge in [0, 0.05) is 0 Å². The molecule has 0 saturated carbocycles. The van der Waals surface area contributed by atoms with Crippen molar-refractivity contribution >= 4 is 41.4 Å². The van der Waals surface area contributed by atoms with Crippen LogP contribution in [0.1, 0.15) is 0 Å². The van der Waals surface area contributed by atoms with E-state index in [2.05, 4.69) is 0 Å². The quantitative estimate of drug-likeness (QED) is 0.627. The number of furan rings is 1. The topological polar surface area (TPSA) is 13.1 Å². The summed E-state index contributed by atoms with van der Waals surface area (Å²) in [4.78, 5) is 0. The minimum atomic E-state index is -4.17. The summed E-state index contributed by atoms with van der Waals surface area (Å²) in [5.74, 6) is 0. The average Bonchev–Trinajstić information content (AvgIpc) is 2.67. The van der Waals surface area contributed by atoms with Crippen molar-refractivity contribution in [3.05, 3.63) is 42.5 Å². The van der Waals surface area contributed by atoms with Gasteiger partial charge in [0.1, 0.15) is 0 Å². The van der Waals surface area contributed by atoms with Gasteiger partial charge in [-0.3, -0.25) is 0 Å². The monoisotopic (exact) mass is 316 g/mol. The maximum absolute atomic E-state index is 12.5. The van der Waals surface area contributed by atoms with E-state index >= 15 is 0 Å². The molecule has 1 aromatic heterocycles. The molecular weight excluding hydrogens is 308 g/mol. The fraction of sp³-hybridized carbons (Fsp3) is 0.0769. The molecular formula is C13H7F3OSe. The molecule has 92 valence electrons. The fourth-order valence-electron chi connectivity index (χ4n) is 1.93. The van der Waals surface area contributed by atoms with Crippen molar-refractivity contribution in [1.82, 2.24) is 0 Å². The van der Waals surface area contributed by atoms with Crippen molar-refractivity contribution in [3.8, 4) is 0 Å². The molecule has 0 aliphatic rings. The summed E-state index contributed by atoms with van der Waals surface area (Å²) in [6.07, 6.45) is 0. The van der Waals surface area contributed by atoms with Gasteiger partial charge in [-0.05, 0) is 0 Å². The summed E-state index contributed by atoms with van der Waals surface area (Å²) in [5.41, 5.74) is 0.981. The molecule has 0 fully saturated rings. The standard InChI is InChI=1S/C13H7F3OSe/c14-13(15,16)18-11-7-3-5-9-8-4-1-2-6-10(8)17-12(9)11/h1-7H. The number of para-hydroxylation sites is 2. The van der Waals surface area contributed by atoms with E-state index in [1.165, 1.54) is 6.07 Å². The Bertz CT molecular complexity index is 715. The molecule has 3 rings (SSSR count). The molecule has 0 saturated heterocycles. The number of benzene rings is 2. The van der Waals surface area contributed by atoms with Gasteiger partial charge >= 0.3 is 106 Å². The van der Waals surface area contributed by atoms with Gasteiger partial charge in [0.15, 0.2) is 0 Å². The molecule has 2 aromatic carbocycles. The van der Waals surface area contributed by atoms with Crippen LogP contribution < -0.4 is 4.46 Å². The van der Waals surface area contributed by atoms with Crippen LogP contribution in [0.4, 0.5) is 13.2 Å². The molecule has 0 aliphatic heterocycles. The van der Waals surface area contributed by atoms with Gasteiger partial charge in [-0.2, -0.15) is 0 Å². The van der Waals surface area contributed by atoms with Crippen LogP contribution in [0.15, 0.2) is 46.9 Å². The van der Waals surface area contributed by atoms with E-state index in [4.69, 9.17) is 4.42 Å². The summed E-state index contributed by atoms with van der Waals surface area (Å²) in [6, 6.07) is 12.2. The van der Waals surface area contributed by atoms with Gasteiger partial charge in [-0.1, -0.05) is 0 Å². The number of fused-ring (bicyclic) bond motifs is 3. The van der Waals surface area contributed by atoms with Crippen LogP contribution >= 0.6 is 0 Å². The Morgan fingerprint density at radius 3 is 2.39 bits per heavy atom. The van der Waals surface area contributed by atoms with Gasteiger partial charge in [0.05, 0.1) is 0 Å². The first-order chi connectivity index (χ1) is 8.54. The van der Waals surface area contributed by atoms with E-state index in [9.17, 15) is 13.2 Å². The number of hydrogen-bond acceptors (Lipinski definition) is 1. The van der Waals surface area contributed by atoms with Gasteiger partial charge in [0.2, 0.25) is 0 Å². The van der Waals surface area contributed by atoms with Crippen LogP contribution in [0.2, 0.25) is 0 Å². The average molecular weight is 315 g/mol. The van der Waals surface area contributed by atoms with Crippen LogP contribution in [-0.2, 0) is 0 Å². The second kappa shape index (κ2) is 4.04. The van der Waals surface area contributed by atoms with Crippen LogP contribution in [0, 0.1) is 0 Å². The molecule has 3 aromatic rings. The molecule has 0 N–H and O–H groups in total. The zero-order valence-corrected chi connectivity index (χ0v) is 10.7. The Morgan fingerprint density at radius 1 is 0.889 bits per heavy atom. The number of hydrogen-bond donors (Lipinski definition) is 0. The van der Waals surface area contributed by atoms with E-state index in [1.807, 2.05) is 12.1 Å². The Morgan fingerprint density at radius 2 is 1.61 bits per heavy atom. The molecule has 0 amide bonds. The molecule has 18 heavy (non-hydrogen) atoms. The molecule has 0 bridgehead atoms. The Labute approximate surface area is 107 Å². The van der Waals surface area contributed by atoms with Crippen molar-refractivity contribution in [1.29, 1.82) is 0 Å². The van der Waals surface area contributed by atoms with E-state index in [0.717, 1.165) is 10.8 Å². The van der Waals surface area contributed by atoms with Gasteiger partial charge in [-0.25, -0.2) is 0 Å². The summed E-state index contributed by atoms with van der Waals surface area (Å²) in [5, 5.41) is -2.57. The number of rotatable bonds is 1. The van der Waals surface area contributed by atoms with Crippen LogP contribution in [-0.4, -0.2) is 20.0 Å². The van der Waals surface area contributed by atoms with E-state index < -0.39 is 20.0 Å². The first kappa shape index (κ1) is 11.6. The summed E-state index contributed by atoms with van der Waals surface area (Å²) in [6.45, 7) is 0. The third-order valence-corrected chi connectivity index (χ3v) is 4.22. The Hall–Kier alpha value is -1.45. The van der Waals surface area contributed by atoms with Crippen LogP contribution in [0.25, 0.3) is 21.9 Å². The van der Waals surface area contributed by atoms with Crippen molar-refractivity contribution in [3.63, 3.8) is 0 Å². The molecule has 0 spiro atoms. The van der Waals surface area contributed by atoms with Crippen molar-refractivity contribution in [2.45, 2.75) is 5.07 Å². The molecule has 0 atom stereocenters. The van der Waals surface area contributed by atoms with Gasteiger partial charge < -0.3 is 0 Å². The SMILES string of the molecule is FC(F)(F)[Se]c1cccc2c1oc1ccccc12. The zero-order chi connectivity index (χ0) is 12.8. The van der Waals surface area contributed by atoms with Crippen molar-refractivity contribution in [2.75, 3.05) is 0 Å². The molecule has 1 heterocycles. The van der Waals surface area contributed by atoms with Gasteiger partial charge in [0.25, 0.3) is 0 Å². The Kier molecular flexibility index (Phi) is 2.61. The first-order valence-electron chi connectivity index (χ1n) is 5.20. The summed E-state index contributed by atoms with van der Waals surface area (Å²) < 4.78 is 43.3. The normalized spacial score (nSPS) is 12.4. The molecule has 5 heteroatoms. The molecule has 0 radical (unpaired) electrons. The van der Waals surface area contributed by atoms with Crippen molar-refractivity contribution < 1.29 is 17.6 Å². The zero-order valence-electron chi connectivity index (χ0n) is 8.99. The molecule has 0 unspecified atom stereocenters. The van der Waals surface area contributed by atoms with Crippen LogP contribution in [0.5, 0.6) is 0 Å². The van der Waals surface area contributed by atoms with Crippen molar-refractivity contribution in [2.24, 2.45) is 0 Å². The van der Waals surface area contributed by atoms with Gasteiger partial charge in [-0.15, -0.1) is 0 Å². The number of halogens is 3. The predicted octanol–water partition coefficient (Wildman–Crippen LogP) is 3.44. The minimum absolute atomic E-state index is 0.240. The maximum atomic E-state index is 12.5. The second-order valence-electron chi connectivity index (χ2n) is 3.78. The van der Waals surface area contributed by atoms with E-state index in [1.54, 1.807) is 24.3 Å². The predicted molar refractivity (Wildman–Crippen MR) is 65.2 cm³/mol. The fourth-order valence-corrected chi connectivity index (χ4v) is 3.27. The molecule has 1 nitrogen and oxygen atoms in total. The Balaban J connectivity index is 2.28. The first-order valence-corrected chi connectivity index (χ1v) is 6.92. The summed E-state index contributed by atoms with van der Waals surface area (Å²) >= 11 is -1.58. The second-order valence-corrected chi connectivity index (χ2v) is 6.10. The third kappa shape index (κ3) is 2.00. The summed E-state index contributed by atoms with van der Waals surface area (Å²) in [7, 11) is 0. The molecule has 0 aliphatic carbocycles. The third-order valence-electron chi connectivity index (χ3n) is 2.59. The van der Waals surface area contributed by atoms with E-state index in [-0.39, 0.29) is 4.46 Å².